The maximum atomic E-state index is 13.9. The van der Waals surface area contributed by atoms with E-state index in [0.717, 1.165) is 5.69 Å². The fraction of sp³-hybridized carbons (Fsp3) is 0.238. The minimum Gasteiger partial charge on any atom is -0.337 e. The fourth-order valence-electron chi connectivity index (χ4n) is 3.41. The quantitative estimate of drug-likeness (QED) is 0.685. The lowest BCUT2D eigenvalue weighted by molar-refractivity contribution is 0.0716. The summed E-state index contributed by atoms with van der Waals surface area (Å²) in [5, 5.41) is 4.07. The molecule has 148 valence electrons. The minimum absolute atomic E-state index is 0.0657. The molecular formula is C21H20FN5O2. The molecule has 2 aromatic carbocycles. The van der Waals surface area contributed by atoms with Crippen LogP contribution in [0.4, 0.5) is 4.39 Å². The highest BCUT2D eigenvalue weighted by molar-refractivity contribution is 5.95. The molecule has 29 heavy (non-hydrogen) atoms. The van der Waals surface area contributed by atoms with Gasteiger partial charge in [-0.2, -0.15) is 5.10 Å². The molecule has 2 amide bonds. The molecule has 1 aromatic heterocycles. The van der Waals surface area contributed by atoms with Gasteiger partial charge in [0, 0.05) is 31.7 Å². The van der Waals surface area contributed by atoms with Gasteiger partial charge in [0.05, 0.1) is 11.3 Å². The summed E-state index contributed by atoms with van der Waals surface area (Å²) >= 11 is 0. The zero-order valence-electron chi connectivity index (χ0n) is 15.7. The molecule has 0 unspecified atom stereocenters. The monoisotopic (exact) mass is 393 g/mol. The third-order valence-electron chi connectivity index (χ3n) is 4.97. The average Bonchev–Trinajstić information content (AvgIpc) is 3.18. The minimum atomic E-state index is -0.526. The van der Waals surface area contributed by atoms with E-state index in [1.807, 2.05) is 12.1 Å². The number of hydrogen-bond donors (Lipinski definition) is 0. The Morgan fingerprint density at radius 1 is 0.862 bits per heavy atom. The highest BCUT2D eigenvalue weighted by Gasteiger charge is 2.24. The number of benzene rings is 2. The molecular weight excluding hydrogens is 373 g/mol. The topological polar surface area (TPSA) is 71.3 Å². The van der Waals surface area contributed by atoms with Gasteiger partial charge in [-0.15, -0.1) is 0 Å². The summed E-state index contributed by atoms with van der Waals surface area (Å²) in [6.45, 7) is 1.81. The number of halogens is 1. The van der Waals surface area contributed by atoms with Crippen LogP contribution in [0.2, 0.25) is 0 Å². The standard InChI is InChI=1S/C21H20FN5O2/c22-19-5-2-1-4-18(19)21(29)26-11-3-10-25(12-13-26)20(28)16-6-8-17(9-7-16)27-15-23-14-24-27/h1-2,4-9,14-15H,3,10-13H2. The predicted octanol–water partition coefficient (Wildman–Crippen LogP) is 2.39. The molecule has 0 aliphatic carbocycles. The van der Waals surface area contributed by atoms with Crippen LogP contribution in [0.5, 0.6) is 0 Å². The molecule has 1 fully saturated rings. The van der Waals surface area contributed by atoms with Crippen molar-refractivity contribution in [3.05, 3.63) is 78.1 Å². The third kappa shape index (κ3) is 4.01. The molecule has 0 N–H and O–H groups in total. The molecule has 0 saturated carbocycles. The molecule has 4 rings (SSSR count). The largest absolute Gasteiger partial charge is 0.337 e. The van der Waals surface area contributed by atoms with Crippen molar-refractivity contribution >= 4 is 11.8 Å². The molecule has 1 aliphatic rings. The lowest BCUT2D eigenvalue weighted by atomic mass is 10.1. The molecule has 1 saturated heterocycles. The van der Waals surface area contributed by atoms with Crippen molar-refractivity contribution in [3.63, 3.8) is 0 Å². The van der Waals surface area contributed by atoms with Gasteiger partial charge in [-0.1, -0.05) is 12.1 Å². The van der Waals surface area contributed by atoms with E-state index in [2.05, 4.69) is 10.1 Å². The van der Waals surface area contributed by atoms with Crippen LogP contribution in [0.25, 0.3) is 5.69 Å². The highest BCUT2D eigenvalue weighted by Crippen LogP contribution is 2.15. The average molecular weight is 393 g/mol. The molecule has 0 bridgehead atoms. The van der Waals surface area contributed by atoms with Crippen molar-refractivity contribution in [1.82, 2.24) is 24.6 Å². The SMILES string of the molecule is O=C(c1ccc(-n2cncn2)cc1)N1CCCN(C(=O)c2ccccc2F)CC1. The lowest BCUT2D eigenvalue weighted by Gasteiger charge is -2.22. The zero-order valence-corrected chi connectivity index (χ0v) is 15.7. The van der Waals surface area contributed by atoms with Crippen LogP contribution in [0.3, 0.4) is 0 Å². The second kappa shape index (κ2) is 8.22. The van der Waals surface area contributed by atoms with Crippen molar-refractivity contribution < 1.29 is 14.0 Å². The first kappa shape index (κ1) is 18.8. The smallest absolute Gasteiger partial charge is 0.256 e. The van der Waals surface area contributed by atoms with Crippen molar-refractivity contribution in [2.45, 2.75) is 6.42 Å². The van der Waals surface area contributed by atoms with E-state index in [9.17, 15) is 14.0 Å². The van der Waals surface area contributed by atoms with Gasteiger partial charge in [-0.05, 0) is 42.8 Å². The van der Waals surface area contributed by atoms with Crippen molar-refractivity contribution in [2.75, 3.05) is 26.2 Å². The number of carbonyl (C=O) groups excluding carboxylic acids is 2. The van der Waals surface area contributed by atoms with Crippen LogP contribution in [-0.2, 0) is 0 Å². The van der Waals surface area contributed by atoms with E-state index in [4.69, 9.17) is 0 Å². The van der Waals surface area contributed by atoms with Crippen LogP contribution in [0, 0.1) is 5.82 Å². The molecule has 2 heterocycles. The van der Waals surface area contributed by atoms with E-state index in [-0.39, 0.29) is 17.4 Å². The first-order valence-corrected chi connectivity index (χ1v) is 9.41. The summed E-state index contributed by atoms with van der Waals surface area (Å²) in [5.41, 5.74) is 1.45. The number of hydrogen-bond acceptors (Lipinski definition) is 4. The van der Waals surface area contributed by atoms with E-state index in [1.165, 1.54) is 18.5 Å². The summed E-state index contributed by atoms with van der Waals surface area (Å²) in [4.78, 5) is 32.8. The van der Waals surface area contributed by atoms with Crippen molar-refractivity contribution in [3.8, 4) is 5.69 Å². The zero-order chi connectivity index (χ0) is 20.2. The predicted molar refractivity (Wildman–Crippen MR) is 104 cm³/mol. The van der Waals surface area contributed by atoms with Crippen LogP contribution in [0.15, 0.2) is 61.2 Å². The van der Waals surface area contributed by atoms with Gasteiger partial charge >= 0.3 is 0 Å². The number of nitrogens with zero attached hydrogens (tertiary/aromatic N) is 5. The Kier molecular flexibility index (Phi) is 5.33. The molecule has 7 nitrogen and oxygen atoms in total. The normalized spacial score (nSPS) is 14.5. The summed E-state index contributed by atoms with van der Waals surface area (Å²) < 4.78 is 15.6. The van der Waals surface area contributed by atoms with Gasteiger partial charge in [0.2, 0.25) is 0 Å². The van der Waals surface area contributed by atoms with E-state index < -0.39 is 5.82 Å². The highest BCUT2D eigenvalue weighted by atomic mass is 19.1. The van der Waals surface area contributed by atoms with Gasteiger partial charge in [-0.25, -0.2) is 14.1 Å². The summed E-state index contributed by atoms with van der Waals surface area (Å²) in [5.74, 6) is -0.952. The van der Waals surface area contributed by atoms with Gasteiger partial charge in [0.1, 0.15) is 18.5 Å². The van der Waals surface area contributed by atoms with Gasteiger partial charge < -0.3 is 9.80 Å². The van der Waals surface area contributed by atoms with E-state index in [1.54, 1.807) is 45.1 Å². The second-order valence-corrected chi connectivity index (χ2v) is 6.80. The Morgan fingerprint density at radius 2 is 1.55 bits per heavy atom. The number of amides is 2. The van der Waals surface area contributed by atoms with Crippen LogP contribution in [-0.4, -0.2) is 62.6 Å². The number of rotatable bonds is 3. The lowest BCUT2D eigenvalue weighted by Crippen LogP contribution is -2.37. The molecule has 1 aliphatic heterocycles. The van der Waals surface area contributed by atoms with Gasteiger partial charge in [0.15, 0.2) is 0 Å². The maximum Gasteiger partial charge on any atom is 0.256 e. The molecule has 0 spiro atoms. The Bertz CT molecular complexity index is 1000. The Balaban J connectivity index is 1.42. The number of carbonyl (C=O) groups is 2. The Morgan fingerprint density at radius 3 is 2.21 bits per heavy atom. The van der Waals surface area contributed by atoms with Crippen LogP contribution < -0.4 is 0 Å². The third-order valence-corrected chi connectivity index (χ3v) is 4.97. The summed E-state index contributed by atoms with van der Waals surface area (Å²) in [6.07, 6.45) is 3.68. The Labute approximate surface area is 167 Å². The van der Waals surface area contributed by atoms with E-state index >= 15 is 0 Å². The first-order chi connectivity index (χ1) is 14.1. The van der Waals surface area contributed by atoms with Crippen LogP contribution in [0.1, 0.15) is 27.1 Å². The van der Waals surface area contributed by atoms with Gasteiger partial charge in [0.25, 0.3) is 11.8 Å². The maximum absolute atomic E-state index is 13.9. The molecule has 0 atom stereocenters. The van der Waals surface area contributed by atoms with E-state index in [0.29, 0.717) is 38.2 Å². The summed E-state index contributed by atoms with van der Waals surface area (Å²) in [7, 11) is 0. The van der Waals surface area contributed by atoms with Gasteiger partial charge in [-0.3, -0.25) is 9.59 Å². The van der Waals surface area contributed by atoms with Crippen LogP contribution >= 0.6 is 0 Å². The molecule has 3 aromatic rings. The molecule has 8 heteroatoms. The second-order valence-electron chi connectivity index (χ2n) is 6.80. The number of aromatic nitrogens is 3. The first-order valence-electron chi connectivity index (χ1n) is 9.41. The molecule has 0 radical (unpaired) electrons. The van der Waals surface area contributed by atoms with Crippen molar-refractivity contribution in [1.29, 1.82) is 0 Å². The summed E-state index contributed by atoms with van der Waals surface area (Å²) in [6, 6.07) is 13.1. The fourth-order valence-corrected chi connectivity index (χ4v) is 3.41. The Hall–Kier alpha value is -3.55. The van der Waals surface area contributed by atoms with Crippen molar-refractivity contribution in [2.24, 2.45) is 0 Å².